The Kier molecular flexibility index (Phi) is 7.83. The zero-order valence-electron chi connectivity index (χ0n) is 19.3. The Morgan fingerprint density at radius 2 is 1.94 bits per heavy atom. The summed E-state index contributed by atoms with van der Waals surface area (Å²) in [5.74, 6) is -0.731. The predicted molar refractivity (Wildman–Crippen MR) is 135 cm³/mol. The first-order valence-corrected chi connectivity index (χ1v) is 14.3. The molecule has 1 atom stereocenters. The van der Waals surface area contributed by atoms with Crippen molar-refractivity contribution in [1.29, 1.82) is 0 Å². The second-order valence-corrected chi connectivity index (χ2v) is 10.8. The van der Waals surface area contributed by atoms with Crippen molar-refractivity contribution in [3.63, 3.8) is 0 Å². The van der Waals surface area contributed by atoms with Crippen molar-refractivity contribution in [2.75, 3.05) is 19.7 Å². The summed E-state index contributed by atoms with van der Waals surface area (Å²) in [5.41, 5.74) is -2.73. The van der Waals surface area contributed by atoms with Crippen molar-refractivity contribution in [3.05, 3.63) is 64.5 Å². The summed E-state index contributed by atoms with van der Waals surface area (Å²) in [4.78, 5) is 18.4. The molecule has 0 bridgehead atoms. The molecular weight excluding hydrogens is 612 g/mol. The highest BCUT2D eigenvalue weighted by Gasteiger charge is 2.49. The van der Waals surface area contributed by atoms with Crippen LogP contribution in [0.4, 0.5) is 18.0 Å². The summed E-state index contributed by atoms with van der Waals surface area (Å²) >= 11 is 2.13. The van der Waals surface area contributed by atoms with E-state index in [1.54, 1.807) is 36.2 Å². The number of fused-ring (bicyclic) bond motifs is 2. The molecule has 0 saturated carbocycles. The molecule has 1 aliphatic carbocycles. The van der Waals surface area contributed by atoms with Gasteiger partial charge in [-0.15, -0.1) is 0 Å². The maximum Gasteiger partial charge on any atom is 0.534 e. The second kappa shape index (κ2) is 10.6. The molecule has 1 fully saturated rings. The van der Waals surface area contributed by atoms with Gasteiger partial charge in [0.05, 0.1) is 12.3 Å². The van der Waals surface area contributed by atoms with Crippen LogP contribution in [0.3, 0.4) is 0 Å². The van der Waals surface area contributed by atoms with Gasteiger partial charge < -0.3 is 13.8 Å². The van der Waals surface area contributed by atoms with Crippen molar-refractivity contribution < 1.29 is 35.3 Å². The predicted octanol–water partition coefficient (Wildman–Crippen LogP) is 5.69. The highest BCUT2D eigenvalue weighted by molar-refractivity contribution is 14.1. The Morgan fingerprint density at radius 3 is 2.58 bits per heavy atom. The minimum Gasteiger partial charge on any atom is -0.450 e. The molecule has 1 aliphatic heterocycles. The van der Waals surface area contributed by atoms with Gasteiger partial charge >= 0.3 is 21.7 Å². The maximum absolute atomic E-state index is 13.2. The summed E-state index contributed by atoms with van der Waals surface area (Å²) in [6.45, 7) is 2.94. The summed E-state index contributed by atoms with van der Waals surface area (Å²) in [6, 6.07) is 8.67. The van der Waals surface area contributed by atoms with Crippen LogP contribution in [0, 0.1) is 5.92 Å². The molecule has 1 saturated heterocycles. The molecule has 0 N–H and O–H groups in total. The Hall–Kier alpha value is -2.35. The fourth-order valence-corrected chi connectivity index (χ4v) is 5.63. The molecule has 0 spiro atoms. The molecule has 1 aromatic heterocycles. The van der Waals surface area contributed by atoms with E-state index in [0.717, 1.165) is 5.56 Å². The molecule has 2 heterocycles. The van der Waals surface area contributed by atoms with Gasteiger partial charge in [-0.3, -0.25) is 4.98 Å². The minimum absolute atomic E-state index is 0.000464. The molecule has 0 radical (unpaired) electrons. The number of hydrogen-bond donors (Lipinski definition) is 0. The number of alkyl halides is 4. The number of amides is 1. The van der Waals surface area contributed by atoms with E-state index in [4.69, 9.17) is 8.92 Å². The van der Waals surface area contributed by atoms with E-state index in [1.165, 1.54) is 6.08 Å². The molecule has 1 amide bonds. The van der Waals surface area contributed by atoms with E-state index < -0.39 is 21.4 Å². The number of piperidine rings is 1. The second-order valence-electron chi connectivity index (χ2n) is 8.53. The van der Waals surface area contributed by atoms with Gasteiger partial charge in [0.2, 0.25) is 0 Å². The van der Waals surface area contributed by atoms with Crippen molar-refractivity contribution in [2.45, 2.75) is 35.6 Å². The molecule has 4 rings (SSSR count). The summed E-state index contributed by atoms with van der Waals surface area (Å²) < 4.78 is 74.1. The van der Waals surface area contributed by atoms with E-state index in [0.29, 0.717) is 47.2 Å². The fourth-order valence-electron chi connectivity index (χ4n) is 4.69. The molecule has 2 aliphatic rings. The lowest BCUT2D eigenvalue weighted by molar-refractivity contribution is -0.0509. The van der Waals surface area contributed by atoms with Gasteiger partial charge in [-0.1, -0.05) is 40.8 Å². The van der Waals surface area contributed by atoms with Crippen LogP contribution in [0.1, 0.15) is 53.6 Å². The number of pyridine rings is 1. The highest BCUT2D eigenvalue weighted by Crippen LogP contribution is 2.45. The standard InChI is InChI=1S/C24H24F3IN2O5S/c1-2-34-23(31)30-10-7-16(8-11-30)21-18-6-5-15(14-28)12-19(18)20(35-36(32,33)24(25,26)27)13-17-4-3-9-29-22(17)21/h3-6,9,12-13,16,21H,2,7-8,10-11,14H2,1H3. The molecule has 1 aromatic carbocycles. The van der Waals surface area contributed by atoms with Crippen LogP contribution < -0.4 is 0 Å². The number of carbonyl (C=O) groups is 1. The van der Waals surface area contributed by atoms with Crippen molar-refractivity contribution in [3.8, 4) is 0 Å². The van der Waals surface area contributed by atoms with Crippen molar-refractivity contribution >= 4 is 50.6 Å². The molecule has 1 unspecified atom stereocenters. The molecule has 12 heteroatoms. The van der Waals surface area contributed by atoms with E-state index in [1.807, 2.05) is 12.1 Å². The van der Waals surface area contributed by atoms with Crippen LogP contribution in [0.2, 0.25) is 0 Å². The van der Waals surface area contributed by atoms with Gasteiger partial charge in [-0.2, -0.15) is 21.6 Å². The first-order valence-electron chi connectivity index (χ1n) is 11.3. The zero-order valence-corrected chi connectivity index (χ0v) is 22.3. The number of benzene rings is 1. The monoisotopic (exact) mass is 636 g/mol. The van der Waals surface area contributed by atoms with E-state index in [2.05, 4.69) is 27.6 Å². The summed E-state index contributed by atoms with van der Waals surface area (Å²) in [5, 5.41) is 0. The topological polar surface area (TPSA) is 85.8 Å². The lowest BCUT2D eigenvalue weighted by atomic mass is 9.76. The third-order valence-corrected chi connectivity index (χ3v) is 8.19. The smallest absolute Gasteiger partial charge is 0.450 e. The average Bonchev–Trinajstić information content (AvgIpc) is 2.97. The zero-order chi connectivity index (χ0) is 26.1. The number of aromatic nitrogens is 1. The number of hydrogen-bond acceptors (Lipinski definition) is 6. The quantitative estimate of drug-likeness (QED) is 0.181. The largest absolute Gasteiger partial charge is 0.534 e. The normalized spacial score (nSPS) is 18.5. The number of carbonyl (C=O) groups excluding carboxylic acids is 1. The van der Waals surface area contributed by atoms with Gasteiger partial charge in [0.15, 0.2) is 5.76 Å². The fraction of sp³-hybridized carbons (Fsp3) is 0.417. The van der Waals surface area contributed by atoms with Crippen LogP contribution in [0.5, 0.6) is 0 Å². The molecular formula is C24H24F3IN2O5S. The van der Waals surface area contributed by atoms with Gasteiger partial charge in [0.25, 0.3) is 0 Å². The Bertz CT molecular complexity index is 1270. The number of rotatable bonds is 5. The van der Waals surface area contributed by atoms with Crippen LogP contribution >= 0.6 is 22.6 Å². The van der Waals surface area contributed by atoms with Gasteiger partial charge in [-0.25, -0.2) is 4.79 Å². The van der Waals surface area contributed by atoms with E-state index in [-0.39, 0.29) is 30.1 Å². The Balaban J connectivity index is 1.80. The SMILES string of the molecule is CCOC(=O)N1CCC(C2c3ccc(CI)cc3C(OS(=O)(=O)C(F)(F)F)=Cc3cccnc32)CC1. The molecule has 2 aromatic rings. The third-order valence-electron chi connectivity index (χ3n) is 6.34. The first-order chi connectivity index (χ1) is 17.1. The molecule has 194 valence electrons. The Labute approximate surface area is 220 Å². The van der Waals surface area contributed by atoms with Gasteiger partial charge in [0.1, 0.15) is 0 Å². The van der Waals surface area contributed by atoms with Crippen molar-refractivity contribution in [2.24, 2.45) is 5.92 Å². The number of nitrogens with zero attached hydrogens (tertiary/aromatic N) is 2. The van der Waals surface area contributed by atoms with Crippen LogP contribution in [0.15, 0.2) is 36.5 Å². The van der Waals surface area contributed by atoms with E-state index in [9.17, 15) is 26.4 Å². The first kappa shape index (κ1) is 26.7. The molecule has 36 heavy (non-hydrogen) atoms. The average molecular weight is 636 g/mol. The molecule has 7 nitrogen and oxygen atoms in total. The van der Waals surface area contributed by atoms with Gasteiger partial charge in [-0.05, 0) is 55.0 Å². The van der Waals surface area contributed by atoms with Crippen LogP contribution in [0.25, 0.3) is 11.8 Å². The van der Waals surface area contributed by atoms with Gasteiger partial charge in [0, 0.05) is 40.8 Å². The third kappa shape index (κ3) is 5.34. The summed E-state index contributed by atoms with van der Waals surface area (Å²) in [6.07, 6.45) is 3.77. The van der Waals surface area contributed by atoms with Crippen molar-refractivity contribution in [1.82, 2.24) is 9.88 Å². The summed E-state index contributed by atoms with van der Waals surface area (Å²) in [7, 11) is -5.89. The number of halogens is 4. The Morgan fingerprint density at radius 1 is 1.22 bits per heavy atom. The van der Waals surface area contributed by atoms with E-state index >= 15 is 0 Å². The van der Waals surface area contributed by atoms with Crippen LogP contribution in [-0.2, 0) is 23.5 Å². The maximum atomic E-state index is 13.2. The lowest BCUT2D eigenvalue weighted by Gasteiger charge is -2.36. The number of ether oxygens (including phenoxy) is 1. The minimum atomic E-state index is -5.89. The lowest BCUT2D eigenvalue weighted by Crippen LogP contribution is -2.40. The highest BCUT2D eigenvalue weighted by atomic mass is 127. The number of likely N-dealkylation sites (tertiary alicyclic amines) is 1. The van der Waals surface area contributed by atoms with Crippen LogP contribution in [-0.4, -0.2) is 49.6 Å².